The van der Waals surface area contributed by atoms with Crippen LogP contribution in [0, 0.1) is 0 Å². The molecule has 2 N–H and O–H groups in total. The Labute approximate surface area is 119 Å². The lowest BCUT2D eigenvalue weighted by Crippen LogP contribution is -2.41. The summed E-state index contributed by atoms with van der Waals surface area (Å²) < 4.78 is 12.0. The van der Waals surface area contributed by atoms with Crippen LogP contribution in [0.5, 0.6) is 0 Å². The third-order valence-corrected chi connectivity index (χ3v) is 4.37. The summed E-state index contributed by atoms with van der Waals surface area (Å²) in [5.74, 6) is 0. The van der Waals surface area contributed by atoms with Crippen molar-refractivity contribution in [3.05, 3.63) is 23.0 Å². The van der Waals surface area contributed by atoms with E-state index in [0.29, 0.717) is 5.02 Å². The molecule has 0 radical (unpaired) electrons. The van der Waals surface area contributed by atoms with Gasteiger partial charge in [0.05, 0.1) is 11.2 Å². The van der Waals surface area contributed by atoms with Crippen LogP contribution in [0.15, 0.2) is 12.4 Å². The molecule has 1 aliphatic heterocycles. The van der Waals surface area contributed by atoms with E-state index in [9.17, 15) is 0 Å². The molecule has 1 fully saturated rings. The second-order valence-corrected chi connectivity index (χ2v) is 6.39. The number of aromatic nitrogens is 1. The predicted molar refractivity (Wildman–Crippen MR) is 77.6 cm³/mol. The topological polar surface area (TPSA) is 57.4 Å². The van der Waals surface area contributed by atoms with E-state index in [4.69, 9.17) is 26.6 Å². The van der Waals surface area contributed by atoms with Crippen molar-refractivity contribution in [3.63, 3.8) is 0 Å². The molecule has 1 saturated heterocycles. The van der Waals surface area contributed by atoms with Crippen molar-refractivity contribution in [2.45, 2.75) is 51.9 Å². The van der Waals surface area contributed by atoms with Crippen molar-refractivity contribution in [1.82, 2.24) is 4.98 Å². The van der Waals surface area contributed by atoms with E-state index in [1.165, 1.54) is 0 Å². The van der Waals surface area contributed by atoms with Gasteiger partial charge in [0.1, 0.15) is 0 Å². The maximum Gasteiger partial charge on any atom is 0.497 e. The molecule has 19 heavy (non-hydrogen) atoms. The van der Waals surface area contributed by atoms with E-state index in [2.05, 4.69) is 4.98 Å². The fourth-order valence-corrected chi connectivity index (χ4v) is 2.29. The molecule has 1 aromatic rings. The highest BCUT2D eigenvalue weighted by atomic mass is 35.5. The lowest BCUT2D eigenvalue weighted by atomic mass is 9.79. The van der Waals surface area contributed by atoms with Crippen molar-refractivity contribution in [2.75, 3.05) is 0 Å². The number of hydrogen-bond donors (Lipinski definition) is 1. The molecule has 2 heterocycles. The molecule has 0 amide bonds. The van der Waals surface area contributed by atoms with Gasteiger partial charge in [-0.1, -0.05) is 11.6 Å². The largest absolute Gasteiger partial charge is 0.497 e. The Morgan fingerprint density at radius 3 is 2.21 bits per heavy atom. The number of nitrogens with two attached hydrogens (primary N) is 1. The number of rotatable bonds is 2. The van der Waals surface area contributed by atoms with Crippen molar-refractivity contribution in [1.29, 1.82) is 0 Å². The van der Waals surface area contributed by atoms with E-state index in [1.54, 1.807) is 12.4 Å². The van der Waals surface area contributed by atoms with Crippen LogP contribution in [0.3, 0.4) is 0 Å². The summed E-state index contributed by atoms with van der Waals surface area (Å²) >= 11 is 6.39. The molecule has 1 atom stereocenters. The lowest BCUT2D eigenvalue weighted by molar-refractivity contribution is 0.00578. The van der Waals surface area contributed by atoms with E-state index in [0.717, 1.165) is 11.0 Å². The molecule has 2 rings (SSSR count). The molecule has 1 unspecified atom stereocenters. The summed E-state index contributed by atoms with van der Waals surface area (Å²) in [4.78, 5) is 4.18. The van der Waals surface area contributed by atoms with Crippen LogP contribution >= 0.6 is 11.6 Å². The highest BCUT2D eigenvalue weighted by Gasteiger charge is 2.52. The minimum absolute atomic E-state index is 0.178. The average molecular weight is 283 g/mol. The van der Waals surface area contributed by atoms with E-state index < -0.39 is 18.3 Å². The van der Waals surface area contributed by atoms with Crippen molar-refractivity contribution >= 4 is 24.2 Å². The summed E-state index contributed by atoms with van der Waals surface area (Å²) in [6, 6.07) is -0.178. The minimum Gasteiger partial charge on any atom is -0.399 e. The zero-order chi connectivity index (χ0) is 14.4. The maximum absolute atomic E-state index is 6.39. The normalized spacial score (nSPS) is 22.6. The molecule has 0 saturated carbocycles. The Hall–Kier alpha value is -0.615. The molecule has 0 spiro atoms. The van der Waals surface area contributed by atoms with Gasteiger partial charge in [-0.05, 0) is 34.6 Å². The standard InChI is InChI=1S/C13H20BClN2O2/c1-8(16)9-6-17-7-10(11(9)15)14-18-12(2,3)13(4,5)19-14/h6-8H,16H2,1-5H3. The van der Waals surface area contributed by atoms with Gasteiger partial charge in [0.25, 0.3) is 0 Å². The smallest absolute Gasteiger partial charge is 0.399 e. The van der Waals surface area contributed by atoms with E-state index in [1.807, 2.05) is 34.6 Å². The fraction of sp³-hybridized carbons (Fsp3) is 0.615. The van der Waals surface area contributed by atoms with Gasteiger partial charge in [0.2, 0.25) is 0 Å². The van der Waals surface area contributed by atoms with Gasteiger partial charge >= 0.3 is 7.12 Å². The van der Waals surface area contributed by atoms with E-state index >= 15 is 0 Å². The molecule has 1 aliphatic rings. The number of halogens is 1. The molecular weight excluding hydrogens is 262 g/mol. The third-order valence-electron chi connectivity index (χ3n) is 3.93. The summed E-state index contributed by atoms with van der Waals surface area (Å²) in [5.41, 5.74) is 6.62. The first kappa shape index (κ1) is 14.8. The highest BCUT2D eigenvalue weighted by molar-refractivity contribution is 6.65. The Balaban J connectivity index is 2.38. The summed E-state index contributed by atoms with van der Waals surface area (Å²) in [6.07, 6.45) is 3.36. The Bertz CT molecular complexity index is 476. The monoisotopic (exact) mass is 282 g/mol. The molecule has 6 heteroatoms. The lowest BCUT2D eigenvalue weighted by Gasteiger charge is -2.32. The SMILES string of the molecule is CC(N)c1cncc(B2OC(C)(C)C(C)(C)O2)c1Cl. The zero-order valence-corrected chi connectivity index (χ0v) is 12.8. The van der Waals surface area contributed by atoms with Gasteiger partial charge in [0, 0.05) is 34.5 Å². The highest BCUT2D eigenvalue weighted by Crippen LogP contribution is 2.37. The first-order valence-electron chi connectivity index (χ1n) is 6.40. The number of nitrogens with zero attached hydrogens (tertiary/aromatic N) is 1. The summed E-state index contributed by atoms with van der Waals surface area (Å²) in [5, 5.41) is 0.573. The quantitative estimate of drug-likeness (QED) is 0.844. The van der Waals surface area contributed by atoms with Gasteiger partial charge in [-0.15, -0.1) is 0 Å². The van der Waals surface area contributed by atoms with Crippen LogP contribution in [0.25, 0.3) is 0 Å². The zero-order valence-electron chi connectivity index (χ0n) is 12.0. The second-order valence-electron chi connectivity index (χ2n) is 6.01. The third kappa shape index (κ3) is 2.52. The molecule has 0 aromatic carbocycles. The fourth-order valence-electron chi connectivity index (χ4n) is 1.93. The van der Waals surface area contributed by atoms with Crippen LogP contribution in [-0.2, 0) is 9.31 Å². The van der Waals surface area contributed by atoms with Gasteiger partial charge in [-0.3, -0.25) is 4.98 Å². The maximum atomic E-state index is 6.39. The molecule has 4 nitrogen and oxygen atoms in total. The first-order chi connectivity index (χ1) is 8.66. The Morgan fingerprint density at radius 1 is 1.21 bits per heavy atom. The van der Waals surface area contributed by atoms with Crippen LogP contribution in [-0.4, -0.2) is 23.3 Å². The molecule has 0 bridgehead atoms. The van der Waals surface area contributed by atoms with Crippen LogP contribution in [0.4, 0.5) is 0 Å². The van der Waals surface area contributed by atoms with Gasteiger partial charge in [-0.2, -0.15) is 0 Å². The summed E-state index contributed by atoms with van der Waals surface area (Å²) in [6.45, 7) is 9.89. The van der Waals surface area contributed by atoms with Crippen molar-refractivity contribution < 1.29 is 9.31 Å². The van der Waals surface area contributed by atoms with Crippen LogP contribution in [0.1, 0.15) is 46.2 Å². The Morgan fingerprint density at radius 2 is 1.74 bits per heavy atom. The molecule has 0 aliphatic carbocycles. The second kappa shape index (κ2) is 4.74. The molecule has 1 aromatic heterocycles. The number of hydrogen-bond acceptors (Lipinski definition) is 4. The number of pyridine rings is 1. The van der Waals surface area contributed by atoms with Crippen LogP contribution in [0.2, 0.25) is 5.02 Å². The van der Waals surface area contributed by atoms with Gasteiger partial charge in [-0.25, -0.2) is 0 Å². The van der Waals surface area contributed by atoms with Crippen molar-refractivity contribution in [3.8, 4) is 0 Å². The van der Waals surface area contributed by atoms with Gasteiger partial charge in [0.15, 0.2) is 0 Å². The van der Waals surface area contributed by atoms with E-state index in [-0.39, 0.29) is 6.04 Å². The van der Waals surface area contributed by atoms with Gasteiger partial charge < -0.3 is 15.0 Å². The average Bonchev–Trinajstić information content (AvgIpc) is 2.47. The Kier molecular flexibility index (Phi) is 3.69. The molecule has 104 valence electrons. The first-order valence-corrected chi connectivity index (χ1v) is 6.78. The summed E-state index contributed by atoms with van der Waals surface area (Å²) in [7, 11) is -0.510. The van der Waals surface area contributed by atoms with Crippen LogP contribution < -0.4 is 11.2 Å². The predicted octanol–water partition coefficient (Wildman–Crippen LogP) is 2.05. The molecular formula is C13H20BClN2O2. The van der Waals surface area contributed by atoms with Crippen molar-refractivity contribution in [2.24, 2.45) is 5.73 Å². The minimum atomic E-state index is -0.510.